The zero-order valence-electron chi connectivity index (χ0n) is 16.7. The second-order valence-electron chi connectivity index (χ2n) is 7.56. The molecule has 1 heterocycles. The molecule has 0 spiro atoms. The van der Waals surface area contributed by atoms with E-state index in [9.17, 15) is 4.79 Å². The number of benzene rings is 2. The molecular weight excluding hydrogens is 360 g/mol. The summed E-state index contributed by atoms with van der Waals surface area (Å²) < 4.78 is 0. The van der Waals surface area contributed by atoms with Crippen molar-refractivity contribution < 1.29 is 4.79 Å². The van der Waals surface area contributed by atoms with E-state index in [1.54, 1.807) is 11.0 Å². The maximum absolute atomic E-state index is 13.5. The molecule has 1 aliphatic rings. The van der Waals surface area contributed by atoms with Gasteiger partial charge in [-0.2, -0.15) is 0 Å². The number of carbonyl (C=O) groups excluding carboxylic acids is 1. The molecular formula is C24H26N4O. The third-order valence-electron chi connectivity index (χ3n) is 5.26. The van der Waals surface area contributed by atoms with E-state index in [1.807, 2.05) is 67.6 Å². The number of nitrogens with zero attached hydrogens (tertiary/aromatic N) is 3. The standard InChI is InChI=1S/C24H26N4O/c1-18-16-22(27-24(25-18)26-20-12-8-9-13-20)23(29)28(21-14-6-3-7-15-21)17-19-10-4-2-5-11-19/h2-7,10-11,14-16,20H,8-9,12-13,17H2,1H3,(H,25,26,27). The van der Waals surface area contributed by atoms with Crippen LogP contribution >= 0.6 is 0 Å². The molecule has 2 aromatic carbocycles. The van der Waals surface area contributed by atoms with Crippen LogP contribution in [0.5, 0.6) is 0 Å². The van der Waals surface area contributed by atoms with Crippen LogP contribution in [0.2, 0.25) is 0 Å². The van der Waals surface area contributed by atoms with Gasteiger partial charge in [0.1, 0.15) is 5.69 Å². The highest BCUT2D eigenvalue weighted by molar-refractivity contribution is 6.04. The van der Waals surface area contributed by atoms with Crippen molar-refractivity contribution in [3.05, 3.63) is 83.7 Å². The van der Waals surface area contributed by atoms with Gasteiger partial charge in [-0.3, -0.25) is 4.79 Å². The second-order valence-corrected chi connectivity index (χ2v) is 7.56. The van der Waals surface area contributed by atoms with Gasteiger partial charge in [-0.1, -0.05) is 61.4 Å². The topological polar surface area (TPSA) is 58.1 Å². The molecule has 0 aliphatic heterocycles. The van der Waals surface area contributed by atoms with E-state index in [2.05, 4.69) is 15.3 Å². The zero-order valence-corrected chi connectivity index (χ0v) is 16.7. The van der Waals surface area contributed by atoms with Gasteiger partial charge >= 0.3 is 0 Å². The largest absolute Gasteiger partial charge is 0.351 e. The Morgan fingerprint density at radius 2 is 1.66 bits per heavy atom. The molecule has 1 saturated carbocycles. The Balaban J connectivity index is 1.64. The van der Waals surface area contributed by atoms with Crippen molar-refractivity contribution in [1.82, 2.24) is 9.97 Å². The van der Waals surface area contributed by atoms with Crippen LogP contribution in [0, 0.1) is 6.92 Å². The molecule has 1 fully saturated rings. The summed E-state index contributed by atoms with van der Waals surface area (Å²) in [5.41, 5.74) is 3.12. The fraction of sp³-hybridized carbons (Fsp3) is 0.292. The minimum absolute atomic E-state index is 0.125. The van der Waals surface area contributed by atoms with Crippen LogP contribution in [0.25, 0.3) is 0 Å². The summed E-state index contributed by atoms with van der Waals surface area (Å²) in [5, 5.41) is 3.41. The van der Waals surface area contributed by atoms with Crippen LogP contribution in [0.3, 0.4) is 0 Å². The number of hydrogen-bond acceptors (Lipinski definition) is 4. The first-order chi connectivity index (χ1) is 14.2. The number of aryl methyl sites for hydroxylation is 1. The maximum Gasteiger partial charge on any atom is 0.277 e. The summed E-state index contributed by atoms with van der Waals surface area (Å²) in [5.74, 6) is 0.424. The molecule has 0 atom stereocenters. The third-order valence-corrected chi connectivity index (χ3v) is 5.26. The lowest BCUT2D eigenvalue weighted by Gasteiger charge is -2.23. The number of anilines is 2. The Labute approximate surface area is 171 Å². The fourth-order valence-electron chi connectivity index (χ4n) is 3.79. The van der Waals surface area contributed by atoms with Gasteiger partial charge in [0.25, 0.3) is 5.91 Å². The lowest BCUT2D eigenvalue weighted by molar-refractivity contribution is 0.0980. The summed E-state index contributed by atoms with van der Waals surface area (Å²) in [4.78, 5) is 24.3. The lowest BCUT2D eigenvalue weighted by Crippen LogP contribution is -2.31. The van der Waals surface area contributed by atoms with Crippen LogP contribution in [0.15, 0.2) is 66.7 Å². The van der Waals surface area contributed by atoms with E-state index < -0.39 is 0 Å². The number of carbonyl (C=O) groups is 1. The number of hydrogen-bond donors (Lipinski definition) is 1. The van der Waals surface area contributed by atoms with Crippen molar-refractivity contribution in [2.45, 2.75) is 45.2 Å². The highest BCUT2D eigenvalue weighted by Gasteiger charge is 2.22. The van der Waals surface area contributed by atoms with Gasteiger partial charge in [-0.25, -0.2) is 9.97 Å². The first-order valence-electron chi connectivity index (χ1n) is 10.2. The maximum atomic E-state index is 13.5. The molecule has 0 saturated heterocycles. The van der Waals surface area contributed by atoms with Crippen molar-refractivity contribution in [3.63, 3.8) is 0 Å². The van der Waals surface area contributed by atoms with Gasteiger partial charge in [-0.05, 0) is 43.5 Å². The Bertz CT molecular complexity index is 953. The SMILES string of the molecule is Cc1cc(C(=O)N(Cc2ccccc2)c2ccccc2)nc(NC2CCCC2)n1. The van der Waals surface area contributed by atoms with Crippen LogP contribution in [-0.2, 0) is 6.54 Å². The van der Waals surface area contributed by atoms with Crippen molar-refractivity contribution in [1.29, 1.82) is 0 Å². The molecule has 4 rings (SSSR count). The summed E-state index contributed by atoms with van der Waals surface area (Å²) in [6.07, 6.45) is 4.72. The fourth-order valence-corrected chi connectivity index (χ4v) is 3.79. The summed E-state index contributed by atoms with van der Waals surface area (Å²) >= 11 is 0. The van der Waals surface area contributed by atoms with Gasteiger partial charge in [0.2, 0.25) is 5.95 Å². The number of rotatable bonds is 6. The van der Waals surface area contributed by atoms with Gasteiger partial charge in [0.15, 0.2) is 0 Å². The number of para-hydroxylation sites is 1. The van der Waals surface area contributed by atoms with Crippen molar-refractivity contribution in [2.24, 2.45) is 0 Å². The van der Waals surface area contributed by atoms with Gasteiger partial charge < -0.3 is 10.2 Å². The molecule has 29 heavy (non-hydrogen) atoms. The molecule has 3 aromatic rings. The predicted molar refractivity (Wildman–Crippen MR) is 116 cm³/mol. The first kappa shape index (κ1) is 19.1. The minimum atomic E-state index is -0.125. The Morgan fingerprint density at radius 3 is 2.34 bits per heavy atom. The van der Waals surface area contributed by atoms with Crippen LogP contribution < -0.4 is 10.2 Å². The van der Waals surface area contributed by atoms with E-state index in [1.165, 1.54) is 12.8 Å². The molecule has 5 nitrogen and oxygen atoms in total. The summed E-state index contributed by atoms with van der Waals surface area (Å²) in [6, 6.07) is 21.9. The van der Waals surface area contributed by atoms with Gasteiger partial charge in [0.05, 0.1) is 6.54 Å². The molecule has 0 unspecified atom stereocenters. The third kappa shape index (κ3) is 4.80. The second kappa shape index (κ2) is 8.86. The summed E-state index contributed by atoms with van der Waals surface area (Å²) in [7, 11) is 0. The van der Waals surface area contributed by atoms with E-state index in [-0.39, 0.29) is 5.91 Å². The van der Waals surface area contributed by atoms with E-state index in [0.29, 0.717) is 24.2 Å². The van der Waals surface area contributed by atoms with E-state index in [4.69, 9.17) is 0 Å². The molecule has 5 heteroatoms. The monoisotopic (exact) mass is 386 g/mol. The van der Waals surface area contributed by atoms with Gasteiger partial charge in [-0.15, -0.1) is 0 Å². The lowest BCUT2D eigenvalue weighted by atomic mass is 10.1. The van der Waals surface area contributed by atoms with Crippen molar-refractivity contribution in [3.8, 4) is 0 Å². The molecule has 1 amide bonds. The Morgan fingerprint density at radius 1 is 1.00 bits per heavy atom. The zero-order chi connectivity index (χ0) is 20.1. The molecule has 1 N–H and O–H groups in total. The van der Waals surface area contributed by atoms with Crippen molar-refractivity contribution in [2.75, 3.05) is 10.2 Å². The molecule has 0 radical (unpaired) electrons. The van der Waals surface area contributed by atoms with Gasteiger partial charge in [0, 0.05) is 17.4 Å². The number of nitrogens with one attached hydrogen (secondary N) is 1. The highest BCUT2D eigenvalue weighted by atomic mass is 16.2. The predicted octanol–water partition coefficient (Wildman–Crippen LogP) is 4.99. The average Bonchev–Trinajstić information content (AvgIpc) is 3.25. The Hall–Kier alpha value is -3.21. The van der Waals surface area contributed by atoms with E-state index in [0.717, 1.165) is 29.8 Å². The van der Waals surface area contributed by atoms with E-state index >= 15 is 0 Å². The van der Waals surface area contributed by atoms with Crippen LogP contribution in [0.1, 0.15) is 47.4 Å². The average molecular weight is 386 g/mol. The highest BCUT2D eigenvalue weighted by Crippen LogP contribution is 2.23. The molecule has 1 aliphatic carbocycles. The number of aromatic nitrogens is 2. The minimum Gasteiger partial charge on any atom is -0.351 e. The first-order valence-corrected chi connectivity index (χ1v) is 10.2. The molecule has 0 bridgehead atoms. The van der Waals surface area contributed by atoms with Crippen molar-refractivity contribution >= 4 is 17.5 Å². The molecule has 1 aromatic heterocycles. The van der Waals surface area contributed by atoms with Crippen LogP contribution in [-0.4, -0.2) is 21.9 Å². The normalized spacial score (nSPS) is 14.0. The smallest absolute Gasteiger partial charge is 0.277 e. The molecule has 148 valence electrons. The van der Waals surface area contributed by atoms with Crippen LogP contribution in [0.4, 0.5) is 11.6 Å². The Kier molecular flexibility index (Phi) is 5.84. The number of amides is 1. The summed E-state index contributed by atoms with van der Waals surface area (Å²) in [6.45, 7) is 2.39. The quantitative estimate of drug-likeness (QED) is 0.649.